The highest BCUT2D eigenvalue weighted by Crippen LogP contribution is 2.03. The van der Waals surface area contributed by atoms with Gasteiger partial charge in [0.05, 0.1) is 6.61 Å². The maximum atomic E-state index is 5.62. The molecule has 0 bridgehead atoms. The third kappa shape index (κ3) is 8.13. The molecular weight excluding hydrogens is 244 g/mol. The maximum absolute atomic E-state index is 5.62. The molecule has 1 nitrogen and oxygen atoms in total. The lowest BCUT2D eigenvalue weighted by Crippen LogP contribution is -1.94. The van der Waals surface area contributed by atoms with E-state index in [1.165, 1.54) is 11.1 Å². The summed E-state index contributed by atoms with van der Waals surface area (Å²) in [7, 11) is 0. The van der Waals surface area contributed by atoms with E-state index in [0.717, 1.165) is 19.4 Å². The van der Waals surface area contributed by atoms with Gasteiger partial charge in [-0.05, 0) is 31.4 Å². The molecule has 0 atom stereocenters. The molecule has 0 amide bonds. The van der Waals surface area contributed by atoms with Gasteiger partial charge in [0.2, 0.25) is 0 Å². The van der Waals surface area contributed by atoms with E-state index >= 15 is 0 Å². The Labute approximate surface area is 122 Å². The first kappa shape index (κ1) is 16.0. The maximum Gasteiger partial charge on any atom is 0.0716 e. The summed E-state index contributed by atoms with van der Waals surface area (Å²) < 4.78 is 5.62. The number of hydrogen-bond donors (Lipinski definition) is 0. The summed E-state index contributed by atoms with van der Waals surface area (Å²) in [5.74, 6) is 2.46. The predicted octanol–water partition coefficient (Wildman–Crippen LogP) is 4.68. The number of unbranched alkanes of at least 4 members (excludes halogenated alkanes) is 1. The fourth-order valence-corrected chi connectivity index (χ4v) is 1.65. The molecule has 0 aliphatic heterocycles. The van der Waals surface area contributed by atoms with Gasteiger partial charge in [-0.15, -0.1) is 6.42 Å². The van der Waals surface area contributed by atoms with Gasteiger partial charge >= 0.3 is 0 Å². The van der Waals surface area contributed by atoms with Crippen LogP contribution in [0.3, 0.4) is 0 Å². The quantitative estimate of drug-likeness (QED) is 0.377. The Bertz CT molecular complexity index is 486. The summed E-state index contributed by atoms with van der Waals surface area (Å²) in [5, 5.41) is 0. The second kappa shape index (κ2) is 10.8. The molecule has 1 aromatic carbocycles. The van der Waals surface area contributed by atoms with Gasteiger partial charge in [-0.1, -0.05) is 66.1 Å². The zero-order valence-electron chi connectivity index (χ0n) is 12.1. The summed E-state index contributed by atoms with van der Waals surface area (Å²) >= 11 is 0. The van der Waals surface area contributed by atoms with Crippen molar-refractivity contribution in [1.29, 1.82) is 0 Å². The molecule has 0 saturated carbocycles. The molecule has 0 saturated heterocycles. The zero-order chi connectivity index (χ0) is 14.5. The Hall–Kier alpha value is -2.04. The summed E-state index contributed by atoms with van der Waals surface area (Å²) in [6.07, 6.45) is 17.0. The molecule has 20 heavy (non-hydrogen) atoms. The first-order valence-corrected chi connectivity index (χ1v) is 6.90. The average molecular weight is 266 g/mol. The number of rotatable bonds is 8. The zero-order valence-corrected chi connectivity index (χ0v) is 12.1. The lowest BCUT2D eigenvalue weighted by Gasteiger charge is -2.02. The van der Waals surface area contributed by atoms with E-state index in [1.807, 2.05) is 30.4 Å². The first-order valence-electron chi connectivity index (χ1n) is 6.90. The van der Waals surface area contributed by atoms with Crippen LogP contribution in [0, 0.1) is 12.3 Å². The van der Waals surface area contributed by atoms with E-state index in [4.69, 9.17) is 11.2 Å². The molecule has 1 aromatic rings. The first-order chi connectivity index (χ1) is 9.83. The van der Waals surface area contributed by atoms with Gasteiger partial charge in [0.15, 0.2) is 0 Å². The molecule has 0 aliphatic carbocycles. The van der Waals surface area contributed by atoms with Gasteiger partial charge in [-0.2, -0.15) is 0 Å². The van der Waals surface area contributed by atoms with Crippen LogP contribution in [0.2, 0.25) is 0 Å². The molecule has 0 aromatic heterocycles. The van der Waals surface area contributed by atoms with Gasteiger partial charge in [-0.3, -0.25) is 0 Å². The van der Waals surface area contributed by atoms with Crippen LogP contribution in [0.15, 0.2) is 66.3 Å². The number of benzene rings is 1. The summed E-state index contributed by atoms with van der Waals surface area (Å²) in [6, 6.07) is 10.2. The number of ether oxygens (including phenoxy) is 1. The van der Waals surface area contributed by atoms with Gasteiger partial charge < -0.3 is 4.74 Å². The highest BCUT2D eigenvalue weighted by atomic mass is 16.5. The normalized spacial score (nSPS) is 12.1. The lowest BCUT2D eigenvalue weighted by molar-refractivity contribution is 0.119. The topological polar surface area (TPSA) is 9.23 Å². The van der Waals surface area contributed by atoms with Gasteiger partial charge in [0.1, 0.15) is 0 Å². The minimum Gasteiger partial charge on any atom is -0.377 e. The molecule has 1 heteroatoms. The van der Waals surface area contributed by atoms with Crippen molar-refractivity contribution in [2.75, 3.05) is 6.61 Å². The van der Waals surface area contributed by atoms with Crippen LogP contribution in [0.25, 0.3) is 0 Å². The SMILES string of the molecule is C#C/C=C/C=C(C)/C=C/CCCOCc1ccccc1. The fraction of sp³-hybridized carbons (Fsp3) is 0.263. The minimum atomic E-state index is 0.695. The predicted molar refractivity (Wildman–Crippen MR) is 86.2 cm³/mol. The summed E-state index contributed by atoms with van der Waals surface area (Å²) in [5.41, 5.74) is 2.42. The minimum absolute atomic E-state index is 0.695. The fourth-order valence-electron chi connectivity index (χ4n) is 1.65. The lowest BCUT2D eigenvalue weighted by atomic mass is 10.2. The highest BCUT2D eigenvalue weighted by Gasteiger charge is 1.91. The van der Waals surface area contributed by atoms with E-state index in [2.05, 4.69) is 37.1 Å². The molecule has 0 aliphatic rings. The van der Waals surface area contributed by atoms with Crippen molar-refractivity contribution < 1.29 is 4.74 Å². The van der Waals surface area contributed by atoms with Gasteiger partial charge in [0.25, 0.3) is 0 Å². The van der Waals surface area contributed by atoms with E-state index < -0.39 is 0 Å². The monoisotopic (exact) mass is 266 g/mol. The van der Waals surface area contributed by atoms with Crippen LogP contribution in [0.5, 0.6) is 0 Å². The molecule has 0 fully saturated rings. The Morgan fingerprint density at radius 1 is 1.30 bits per heavy atom. The van der Waals surface area contributed by atoms with E-state index in [1.54, 1.807) is 6.08 Å². The number of terminal acetylenes is 1. The molecule has 0 unspecified atom stereocenters. The van der Waals surface area contributed by atoms with Crippen LogP contribution < -0.4 is 0 Å². The van der Waals surface area contributed by atoms with Crippen molar-refractivity contribution in [2.45, 2.75) is 26.4 Å². The largest absolute Gasteiger partial charge is 0.377 e. The third-order valence-corrected chi connectivity index (χ3v) is 2.70. The van der Waals surface area contributed by atoms with Crippen LogP contribution in [-0.2, 0) is 11.3 Å². The van der Waals surface area contributed by atoms with Crippen molar-refractivity contribution in [3.63, 3.8) is 0 Å². The molecule has 0 radical (unpaired) electrons. The van der Waals surface area contributed by atoms with E-state index in [9.17, 15) is 0 Å². The van der Waals surface area contributed by atoms with E-state index in [0.29, 0.717) is 6.61 Å². The molecular formula is C19H22O. The summed E-state index contributed by atoms with van der Waals surface area (Å²) in [6.45, 7) is 3.54. The van der Waals surface area contributed by atoms with Crippen molar-refractivity contribution in [1.82, 2.24) is 0 Å². The standard InChI is InChI=1S/C19H22O/c1-3-4-7-12-18(2)13-8-6-11-16-20-17-19-14-9-5-10-15-19/h1,4-5,7-10,12-15H,6,11,16-17H2,2H3/b7-4+,13-8+,18-12+. The summed E-state index contributed by atoms with van der Waals surface area (Å²) in [4.78, 5) is 0. The molecule has 104 valence electrons. The van der Waals surface area contributed by atoms with Crippen molar-refractivity contribution in [3.05, 3.63) is 71.8 Å². The van der Waals surface area contributed by atoms with Crippen LogP contribution in [0.4, 0.5) is 0 Å². The highest BCUT2D eigenvalue weighted by molar-refractivity contribution is 5.24. The van der Waals surface area contributed by atoms with Crippen LogP contribution in [0.1, 0.15) is 25.3 Å². The molecule has 1 rings (SSSR count). The number of allylic oxidation sites excluding steroid dienone is 6. The van der Waals surface area contributed by atoms with Crippen molar-refractivity contribution in [2.24, 2.45) is 0 Å². The molecule has 0 spiro atoms. The molecule has 0 N–H and O–H groups in total. The van der Waals surface area contributed by atoms with Crippen LogP contribution in [-0.4, -0.2) is 6.61 Å². The van der Waals surface area contributed by atoms with Crippen LogP contribution >= 0.6 is 0 Å². The van der Waals surface area contributed by atoms with Crippen molar-refractivity contribution >= 4 is 0 Å². The second-order valence-electron chi connectivity index (χ2n) is 4.52. The Morgan fingerprint density at radius 3 is 2.85 bits per heavy atom. The van der Waals surface area contributed by atoms with Gasteiger partial charge in [0, 0.05) is 6.61 Å². The molecule has 0 heterocycles. The smallest absolute Gasteiger partial charge is 0.0716 e. The second-order valence-corrected chi connectivity index (χ2v) is 4.52. The average Bonchev–Trinajstić information content (AvgIpc) is 2.47. The Balaban J connectivity index is 2.09. The Kier molecular flexibility index (Phi) is 8.68. The van der Waals surface area contributed by atoms with E-state index in [-0.39, 0.29) is 0 Å². The number of hydrogen-bond acceptors (Lipinski definition) is 1. The van der Waals surface area contributed by atoms with Gasteiger partial charge in [-0.25, -0.2) is 0 Å². The van der Waals surface area contributed by atoms with Crippen molar-refractivity contribution in [3.8, 4) is 12.3 Å². The Morgan fingerprint density at radius 2 is 2.10 bits per heavy atom. The third-order valence-electron chi connectivity index (χ3n) is 2.70.